The number of nitrogens with zero attached hydrogens (tertiary/aromatic N) is 1. The van der Waals surface area contributed by atoms with Gasteiger partial charge in [0.2, 0.25) is 11.8 Å². The molecular weight excluding hydrogens is 552 g/mol. The number of imide groups is 1. The van der Waals surface area contributed by atoms with E-state index < -0.39 is 45.2 Å². The molecule has 4 aromatic carbocycles. The normalized spacial score (nSPS) is 25.8. The number of ether oxygens (including phenoxy) is 1. The van der Waals surface area contributed by atoms with E-state index in [1.165, 1.54) is 24.3 Å². The molecule has 0 unspecified atom stereocenters. The highest BCUT2D eigenvalue weighted by molar-refractivity contribution is 6.38. The van der Waals surface area contributed by atoms with Crippen molar-refractivity contribution < 1.29 is 23.5 Å². The predicted molar refractivity (Wildman–Crippen MR) is 148 cm³/mol. The average molecular weight is 572 g/mol. The summed E-state index contributed by atoms with van der Waals surface area (Å²) in [5, 5.41) is 0. The first-order chi connectivity index (χ1) is 19.3. The number of esters is 1. The molecule has 0 aromatic heterocycles. The maximum Gasteiger partial charge on any atom is 0.338 e. The van der Waals surface area contributed by atoms with Crippen LogP contribution in [0.5, 0.6) is 0 Å². The minimum absolute atomic E-state index is 0.111. The lowest BCUT2D eigenvalue weighted by atomic mass is 9.54. The van der Waals surface area contributed by atoms with Gasteiger partial charge in [0.05, 0.1) is 23.1 Å². The zero-order chi connectivity index (χ0) is 27.8. The summed E-state index contributed by atoms with van der Waals surface area (Å²) in [4.78, 5) is 39.6. The monoisotopic (exact) mass is 571 g/mol. The summed E-state index contributed by atoms with van der Waals surface area (Å²) in [6, 6.07) is 26.9. The minimum atomic E-state index is -1.30. The lowest BCUT2D eigenvalue weighted by Gasteiger charge is -2.54. The summed E-state index contributed by atoms with van der Waals surface area (Å²) >= 11 is 14.9. The lowest BCUT2D eigenvalue weighted by Crippen LogP contribution is -2.57. The molecule has 0 spiro atoms. The zero-order valence-corrected chi connectivity index (χ0v) is 22.3. The zero-order valence-electron chi connectivity index (χ0n) is 20.8. The molecule has 2 amide bonds. The van der Waals surface area contributed by atoms with E-state index in [0.29, 0.717) is 22.3 Å². The van der Waals surface area contributed by atoms with Gasteiger partial charge in [-0.05, 0) is 46.5 Å². The molecule has 5 nitrogen and oxygen atoms in total. The Morgan fingerprint density at radius 2 is 1.25 bits per heavy atom. The molecule has 198 valence electrons. The molecule has 1 aliphatic heterocycles. The summed E-state index contributed by atoms with van der Waals surface area (Å²) in [6.45, 7) is -0.262. The molecule has 3 aliphatic carbocycles. The highest BCUT2D eigenvalue weighted by atomic mass is 35.5. The summed E-state index contributed by atoms with van der Waals surface area (Å²) in [6.07, 6.45) is 0. The van der Waals surface area contributed by atoms with Crippen LogP contribution in [0.2, 0.25) is 0 Å². The largest absolute Gasteiger partial charge is 0.457 e. The van der Waals surface area contributed by atoms with Crippen LogP contribution in [0.4, 0.5) is 10.1 Å². The van der Waals surface area contributed by atoms with Crippen LogP contribution in [0.25, 0.3) is 0 Å². The molecule has 1 heterocycles. The van der Waals surface area contributed by atoms with Crippen molar-refractivity contribution in [1.82, 2.24) is 0 Å². The van der Waals surface area contributed by atoms with E-state index in [1.807, 2.05) is 48.5 Å². The summed E-state index contributed by atoms with van der Waals surface area (Å²) in [5.41, 5.74) is 3.38. The van der Waals surface area contributed by atoms with E-state index in [-0.39, 0.29) is 23.4 Å². The van der Waals surface area contributed by atoms with Crippen molar-refractivity contribution in [3.8, 4) is 0 Å². The topological polar surface area (TPSA) is 63.7 Å². The number of rotatable bonds is 4. The first-order valence-electron chi connectivity index (χ1n) is 12.7. The number of alkyl halides is 2. The summed E-state index contributed by atoms with van der Waals surface area (Å²) in [5.74, 6) is -4.10. The van der Waals surface area contributed by atoms with Gasteiger partial charge in [-0.25, -0.2) is 14.1 Å². The first kappa shape index (κ1) is 25.0. The van der Waals surface area contributed by atoms with Gasteiger partial charge in [0.1, 0.15) is 22.2 Å². The smallest absolute Gasteiger partial charge is 0.338 e. The fourth-order valence-corrected chi connectivity index (χ4v) is 7.63. The number of amides is 2. The van der Waals surface area contributed by atoms with Crippen molar-refractivity contribution in [3.05, 3.63) is 136 Å². The Hall–Kier alpha value is -4.00. The first-order valence-corrected chi connectivity index (χ1v) is 13.5. The SMILES string of the molecule is O=C(OCc1ccccc1F)c1cccc(N2C(=O)[C@H]3[C@H](C2=O)C2(Cl)c4ccccc4C3(Cl)c3ccccc32)c1. The Kier molecular flexibility index (Phi) is 5.47. The third-order valence-corrected chi connectivity index (χ3v) is 9.53. The number of carbonyl (C=O) groups excluding carboxylic acids is 3. The van der Waals surface area contributed by atoms with Crippen LogP contribution in [0, 0.1) is 17.7 Å². The van der Waals surface area contributed by atoms with Crippen LogP contribution < -0.4 is 4.90 Å². The molecule has 8 heteroatoms. The van der Waals surface area contributed by atoms with Gasteiger partial charge in [0, 0.05) is 5.56 Å². The minimum Gasteiger partial charge on any atom is -0.457 e. The molecule has 1 saturated heterocycles. The highest BCUT2D eigenvalue weighted by Gasteiger charge is 2.73. The Morgan fingerprint density at radius 3 is 1.77 bits per heavy atom. The predicted octanol–water partition coefficient (Wildman–Crippen LogP) is 6.28. The fraction of sp³-hybridized carbons (Fsp3) is 0.156. The van der Waals surface area contributed by atoms with Gasteiger partial charge in [-0.1, -0.05) is 72.8 Å². The van der Waals surface area contributed by atoms with E-state index in [2.05, 4.69) is 0 Å². The number of hydrogen-bond acceptors (Lipinski definition) is 4. The second-order valence-corrected chi connectivity index (χ2v) is 11.4. The van der Waals surface area contributed by atoms with Gasteiger partial charge in [-0.2, -0.15) is 0 Å². The van der Waals surface area contributed by atoms with Crippen molar-refractivity contribution >= 4 is 46.7 Å². The van der Waals surface area contributed by atoms with Crippen LogP contribution in [-0.2, 0) is 30.7 Å². The van der Waals surface area contributed by atoms with Crippen LogP contribution in [0.1, 0.15) is 38.2 Å². The molecule has 2 bridgehead atoms. The molecule has 4 aliphatic rings. The van der Waals surface area contributed by atoms with Gasteiger partial charge in [-0.3, -0.25) is 9.59 Å². The maximum absolute atomic E-state index is 14.1. The third kappa shape index (κ3) is 3.17. The van der Waals surface area contributed by atoms with Gasteiger partial charge < -0.3 is 4.74 Å². The standard InChI is InChI=1S/C32H20Cl2FNO4/c33-31-21-11-2-3-12-22(21)32(34,24-14-5-4-13-23(24)31)27-26(31)28(37)36(29(27)38)20-10-7-9-18(16-20)30(39)40-17-19-8-1-6-15-25(19)35/h1-16,26-27H,17H2/t26-,27-,31?,32?/m1/s1. The Labute approximate surface area is 239 Å². The van der Waals surface area contributed by atoms with Gasteiger partial charge >= 0.3 is 5.97 Å². The highest BCUT2D eigenvalue weighted by Crippen LogP contribution is 2.69. The molecule has 1 fully saturated rings. The second kappa shape index (κ2) is 8.75. The van der Waals surface area contributed by atoms with Gasteiger partial charge in [0.15, 0.2) is 0 Å². The Bertz CT molecular complexity index is 1630. The van der Waals surface area contributed by atoms with Crippen LogP contribution in [-0.4, -0.2) is 17.8 Å². The van der Waals surface area contributed by atoms with E-state index in [4.69, 9.17) is 27.9 Å². The number of carbonyl (C=O) groups is 3. The second-order valence-electron chi connectivity index (χ2n) is 10.2. The van der Waals surface area contributed by atoms with Crippen molar-refractivity contribution in [2.24, 2.45) is 11.8 Å². The molecule has 0 saturated carbocycles. The van der Waals surface area contributed by atoms with Gasteiger partial charge in [0.25, 0.3) is 0 Å². The maximum atomic E-state index is 14.1. The Balaban J connectivity index is 1.28. The van der Waals surface area contributed by atoms with Crippen molar-refractivity contribution in [3.63, 3.8) is 0 Å². The number of hydrogen-bond donors (Lipinski definition) is 0. The molecular formula is C32H20Cl2FNO4. The quantitative estimate of drug-likeness (QED) is 0.164. The van der Waals surface area contributed by atoms with E-state index in [9.17, 15) is 18.8 Å². The van der Waals surface area contributed by atoms with Crippen molar-refractivity contribution in [2.45, 2.75) is 16.4 Å². The van der Waals surface area contributed by atoms with E-state index in [1.54, 1.807) is 24.3 Å². The van der Waals surface area contributed by atoms with Crippen molar-refractivity contribution in [1.29, 1.82) is 0 Å². The van der Waals surface area contributed by atoms with Crippen LogP contribution in [0.15, 0.2) is 97.1 Å². The lowest BCUT2D eigenvalue weighted by molar-refractivity contribution is -0.122. The molecule has 40 heavy (non-hydrogen) atoms. The molecule has 4 aromatic rings. The van der Waals surface area contributed by atoms with E-state index >= 15 is 0 Å². The van der Waals surface area contributed by atoms with Gasteiger partial charge in [-0.15, -0.1) is 23.2 Å². The molecule has 0 N–H and O–H groups in total. The molecule has 0 radical (unpaired) electrons. The van der Waals surface area contributed by atoms with Crippen LogP contribution in [0.3, 0.4) is 0 Å². The number of halogens is 3. The Morgan fingerprint density at radius 1 is 0.750 bits per heavy atom. The molecule has 2 atom stereocenters. The fourth-order valence-electron chi connectivity index (χ4n) is 6.54. The number of anilines is 1. The molecule has 8 rings (SSSR count). The third-order valence-electron chi connectivity index (χ3n) is 8.24. The summed E-state index contributed by atoms with van der Waals surface area (Å²) in [7, 11) is 0. The number of benzene rings is 4. The van der Waals surface area contributed by atoms with Crippen LogP contribution >= 0.6 is 23.2 Å². The van der Waals surface area contributed by atoms with Crippen molar-refractivity contribution in [2.75, 3.05) is 4.90 Å². The van der Waals surface area contributed by atoms with E-state index in [0.717, 1.165) is 4.90 Å². The summed E-state index contributed by atoms with van der Waals surface area (Å²) < 4.78 is 19.3. The average Bonchev–Trinajstić information content (AvgIpc) is 3.26.